The van der Waals surface area contributed by atoms with E-state index in [1.165, 1.54) is 12.3 Å². The van der Waals surface area contributed by atoms with E-state index in [9.17, 15) is 14.9 Å². The second-order valence-electron chi connectivity index (χ2n) is 5.14. The number of carbonyl (C=O) groups is 1. The molecule has 0 radical (unpaired) electrons. The van der Waals surface area contributed by atoms with E-state index in [-0.39, 0.29) is 23.7 Å². The lowest BCUT2D eigenvalue weighted by Gasteiger charge is -2.18. The minimum atomic E-state index is -0.481. The summed E-state index contributed by atoms with van der Waals surface area (Å²) in [4.78, 5) is 24.4. The van der Waals surface area contributed by atoms with Crippen LogP contribution < -0.4 is 5.73 Å². The van der Waals surface area contributed by atoms with Crippen LogP contribution in [0.2, 0.25) is 0 Å². The number of aromatic nitrogens is 1. The Morgan fingerprint density at radius 3 is 2.74 bits per heavy atom. The van der Waals surface area contributed by atoms with Gasteiger partial charge in [-0.2, -0.15) is 0 Å². The maximum atomic E-state index is 12.4. The summed E-state index contributed by atoms with van der Waals surface area (Å²) in [6.45, 7) is 4.89. The van der Waals surface area contributed by atoms with Crippen molar-refractivity contribution in [1.82, 2.24) is 9.47 Å². The standard InChI is InChI=1S/C12H18N4O3/c1-8(2)15-7-10(16(18)19)5-11(15)12(17)14-4-3-9(13)6-14/h5,7-9H,3-4,6,13H2,1-2H3/t9-/m0/s1. The van der Waals surface area contributed by atoms with E-state index in [1.54, 1.807) is 9.47 Å². The number of amides is 1. The molecule has 1 saturated heterocycles. The largest absolute Gasteiger partial charge is 0.336 e. The summed E-state index contributed by atoms with van der Waals surface area (Å²) in [6.07, 6.45) is 2.18. The second-order valence-corrected chi connectivity index (χ2v) is 5.14. The average Bonchev–Trinajstić information content (AvgIpc) is 2.93. The van der Waals surface area contributed by atoms with Crippen LogP contribution >= 0.6 is 0 Å². The summed E-state index contributed by atoms with van der Waals surface area (Å²) in [6, 6.07) is 1.33. The van der Waals surface area contributed by atoms with Crippen molar-refractivity contribution in [2.24, 2.45) is 5.73 Å². The van der Waals surface area contributed by atoms with Gasteiger partial charge >= 0.3 is 0 Å². The quantitative estimate of drug-likeness (QED) is 0.655. The third-order valence-corrected chi connectivity index (χ3v) is 3.33. The maximum Gasteiger partial charge on any atom is 0.287 e. The molecule has 1 atom stereocenters. The summed E-state index contributed by atoms with van der Waals surface area (Å²) < 4.78 is 1.64. The number of nitrogens with zero attached hydrogens (tertiary/aromatic N) is 3. The molecular weight excluding hydrogens is 248 g/mol. The van der Waals surface area contributed by atoms with E-state index in [2.05, 4.69) is 0 Å². The van der Waals surface area contributed by atoms with Gasteiger partial charge in [-0.15, -0.1) is 0 Å². The van der Waals surface area contributed by atoms with E-state index in [0.29, 0.717) is 18.8 Å². The molecule has 1 fully saturated rings. The summed E-state index contributed by atoms with van der Waals surface area (Å²) >= 11 is 0. The molecular formula is C12H18N4O3. The van der Waals surface area contributed by atoms with Gasteiger partial charge in [-0.3, -0.25) is 14.9 Å². The van der Waals surface area contributed by atoms with Crippen LogP contribution in [0, 0.1) is 10.1 Å². The third kappa shape index (κ3) is 2.60. The molecule has 0 unspecified atom stereocenters. The molecule has 1 aliphatic heterocycles. The van der Waals surface area contributed by atoms with Crippen LogP contribution in [0.15, 0.2) is 12.3 Å². The molecule has 7 nitrogen and oxygen atoms in total. The summed E-state index contributed by atoms with van der Waals surface area (Å²) in [5, 5.41) is 10.8. The molecule has 2 rings (SSSR count). The smallest absolute Gasteiger partial charge is 0.287 e. The summed E-state index contributed by atoms with van der Waals surface area (Å²) in [7, 11) is 0. The van der Waals surface area contributed by atoms with E-state index in [0.717, 1.165) is 6.42 Å². The zero-order valence-electron chi connectivity index (χ0n) is 11.1. The molecule has 19 heavy (non-hydrogen) atoms. The van der Waals surface area contributed by atoms with Crippen molar-refractivity contribution in [3.63, 3.8) is 0 Å². The molecule has 0 aliphatic carbocycles. The number of hydrogen-bond donors (Lipinski definition) is 1. The minimum absolute atomic E-state index is 0.00129. The van der Waals surface area contributed by atoms with Crippen molar-refractivity contribution in [3.8, 4) is 0 Å². The number of carbonyl (C=O) groups excluding carboxylic acids is 1. The van der Waals surface area contributed by atoms with Gasteiger partial charge in [-0.05, 0) is 20.3 Å². The van der Waals surface area contributed by atoms with Crippen molar-refractivity contribution < 1.29 is 9.72 Å². The Morgan fingerprint density at radius 1 is 1.58 bits per heavy atom. The van der Waals surface area contributed by atoms with Crippen molar-refractivity contribution >= 4 is 11.6 Å². The molecule has 0 saturated carbocycles. The van der Waals surface area contributed by atoms with Crippen LogP contribution in [-0.4, -0.2) is 39.4 Å². The van der Waals surface area contributed by atoms with Gasteiger partial charge in [-0.1, -0.05) is 0 Å². The van der Waals surface area contributed by atoms with Gasteiger partial charge in [-0.25, -0.2) is 0 Å². The van der Waals surface area contributed by atoms with Gasteiger partial charge in [0.2, 0.25) is 0 Å². The number of hydrogen-bond acceptors (Lipinski definition) is 4. The highest BCUT2D eigenvalue weighted by Gasteiger charge is 2.29. The van der Waals surface area contributed by atoms with E-state index in [4.69, 9.17) is 5.73 Å². The first-order valence-corrected chi connectivity index (χ1v) is 6.31. The van der Waals surface area contributed by atoms with Crippen LogP contribution in [-0.2, 0) is 0 Å². The van der Waals surface area contributed by atoms with Gasteiger partial charge in [0.25, 0.3) is 11.6 Å². The first-order chi connectivity index (χ1) is 8.90. The van der Waals surface area contributed by atoms with E-state index < -0.39 is 4.92 Å². The Morgan fingerprint density at radius 2 is 2.26 bits per heavy atom. The topological polar surface area (TPSA) is 94.4 Å². The fourth-order valence-corrected chi connectivity index (χ4v) is 2.30. The molecule has 0 aromatic carbocycles. The molecule has 1 aromatic rings. The highest BCUT2D eigenvalue weighted by atomic mass is 16.6. The molecule has 2 N–H and O–H groups in total. The maximum absolute atomic E-state index is 12.4. The van der Waals surface area contributed by atoms with Crippen LogP contribution in [0.1, 0.15) is 36.8 Å². The number of nitro groups is 1. The van der Waals surface area contributed by atoms with Crippen LogP contribution in [0.4, 0.5) is 5.69 Å². The Kier molecular flexibility index (Phi) is 3.57. The van der Waals surface area contributed by atoms with Gasteiger partial charge in [0, 0.05) is 31.2 Å². The molecule has 7 heteroatoms. The molecule has 1 aliphatic rings. The van der Waals surface area contributed by atoms with Crippen molar-refractivity contribution in [2.75, 3.05) is 13.1 Å². The number of rotatable bonds is 3. The Labute approximate surface area is 111 Å². The second kappa shape index (κ2) is 5.00. The SMILES string of the molecule is CC(C)n1cc([N+](=O)[O-])cc1C(=O)N1CC[C@H](N)C1. The van der Waals surface area contributed by atoms with E-state index in [1.807, 2.05) is 13.8 Å². The molecule has 1 aromatic heterocycles. The lowest BCUT2D eigenvalue weighted by Crippen LogP contribution is -2.33. The number of likely N-dealkylation sites (tertiary alicyclic amines) is 1. The molecule has 2 heterocycles. The third-order valence-electron chi connectivity index (χ3n) is 3.33. The fraction of sp³-hybridized carbons (Fsp3) is 0.583. The highest BCUT2D eigenvalue weighted by Crippen LogP contribution is 2.23. The highest BCUT2D eigenvalue weighted by molar-refractivity contribution is 5.93. The van der Waals surface area contributed by atoms with Gasteiger partial charge in [0.05, 0.1) is 11.1 Å². The van der Waals surface area contributed by atoms with Crippen LogP contribution in [0.5, 0.6) is 0 Å². The lowest BCUT2D eigenvalue weighted by molar-refractivity contribution is -0.384. The Hall–Kier alpha value is -1.89. The molecule has 0 spiro atoms. The van der Waals surface area contributed by atoms with Crippen molar-refractivity contribution in [1.29, 1.82) is 0 Å². The first-order valence-electron chi connectivity index (χ1n) is 6.31. The normalized spacial score (nSPS) is 19.2. The van der Waals surface area contributed by atoms with Crippen LogP contribution in [0.25, 0.3) is 0 Å². The van der Waals surface area contributed by atoms with Crippen LogP contribution in [0.3, 0.4) is 0 Å². The molecule has 1 amide bonds. The Bertz CT molecular complexity index is 509. The van der Waals surface area contributed by atoms with E-state index >= 15 is 0 Å². The number of nitrogens with two attached hydrogens (primary N) is 1. The lowest BCUT2D eigenvalue weighted by atomic mass is 10.3. The fourth-order valence-electron chi connectivity index (χ4n) is 2.30. The molecule has 104 valence electrons. The van der Waals surface area contributed by atoms with Gasteiger partial charge < -0.3 is 15.2 Å². The summed E-state index contributed by atoms with van der Waals surface area (Å²) in [5.74, 6) is -0.185. The predicted octanol–water partition coefficient (Wildman–Crippen LogP) is 1.15. The minimum Gasteiger partial charge on any atom is -0.336 e. The zero-order valence-corrected chi connectivity index (χ0v) is 11.1. The van der Waals surface area contributed by atoms with Gasteiger partial charge in [0.1, 0.15) is 5.69 Å². The average molecular weight is 266 g/mol. The zero-order chi connectivity index (χ0) is 14.2. The van der Waals surface area contributed by atoms with Crippen molar-refractivity contribution in [2.45, 2.75) is 32.4 Å². The summed E-state index contributed by atoms with van der Waals surface area (Å²) in [5.41, 5.74) is 6.09. The van der Waals surface area contributed by atoms with Crippen molar-refractivity contribution in [3.05, 3.63) is 28.1 Å². The Balaban J connectivity index is 2.32. The monoisotopic (exact) mass is 266 g/mol. The molecule has 0 bridgehead atoms. The predicted molar refractivity (Wildman–Crippen MR) is 70.0 cm³/mol. The van der Waals surface area contributed by atoms with Gasteiger partial charge in [0.15, 0.2) is 0 Å². The first kappa shape index (κ1) is 13.5.